The molecule has 1 unspecified atom stereocenters. The predicted octanol–water partition coefficient (Wildman–Crippen LogP) is 3.27. The molecule has 2 rings (SSSR count). The molecule has 1 atom stereocenters. The van der Waals surface area contributed by atoms with Crippen molar-refractivity contribution in [3.8, 4) is 0 Å². The van der Waals surface area contributed by atoms with E-state index in [1.54, 1.807) is 6.92 Å². The first-order chi connectivity index (χ1) is 10.5. The molecule has 0 spiro atoms. The van der Waals surface area contributed by atoms with Gasteiger partial charge in [-0.25, -0.2) is 0 Å². The van der Waals surface area contributed by atoms with Gasteiger partial charge < -0.3 is 21.7 Å². The van der Waals surface area contributed by atoms with Crippen LogP contribution in [0.15, 0.2) is 54.6 Å². The van der Waals surface area contributed by atoms with Crippen LogP contribution in [0.1, 0.15) is 18.1 Å². The Kier molecular flexibility index (Phi) is 7.46. The molecule has 0 saturated heterocycles. The van der Waals surface area contributed by atoms with E-state index in [9.17, 15) is 9.90 Å². The molecule has 0 heterocycles. The molecule has 3 nitrogen and oxygen atoms in total. The first-order valence-electron chi connectivity index (χ1n) is 7.26. The minimum absolute atomic E-state index is 0. The van der Waals surface area contributed by atoms with Gasteiger partial charge in [-0.3, -0.25) is 6.42 Å². The third-order valence-corrected chi connectivity index (χ3v) is 3.65. The van der Waals surface area contributed by atoms with Gasteiger partial charge in [0.05, 0.1) is 5.91 Å². The summed E-state index contributed by atoms with van der Waals surface area (Å²) in [5, 5.41) is 10.7. The molecule has 1 radical (unpaired) electrons. The van der Waals surface area contributed by atoms with Crippen molar-refractivity contribution in [1.82, 2.24) is 0 Å². The maximum atomic E-state index is 12.5. The van der Waals surface area contributed by atoms with Crippen molar-refractivity contribution in [2.24, 2.45) is 0 Å². The summed E-state index contributed by atoms with van der Waals surface area (Å²) in [4.78, 5) is 14.1. The molecular formula is C19H21NO2Y-2. The SMILES string of the molecule is [CH2-]CN(C(=O)[CH-]C(C)(O)c1ccccc1C)c1ccccc1.[Y]. The summed E-state index contributed by atoms with van der Waals surface area (Å²) in [6, 6.07) is 16.8. The average Bonchev–Trinajstić information content (AvgIpc) is 2.48. The van der Waals surface area contributed by atoms with E-state index in [1.807, 2.05) is 61.5 Å². The van der Waals surface area contributed by atoms with Gasteiger partial charge in [0.2, 0.25) is 0 Å². The quantitative estimate of drug-likeness (QED) is 0.804. The number of hydrogen-bond acceptors (Lipinski definition) is 2. The molecule has 0 aliphatic carbocycles. The van der Waals surface area contributed by atoms with Crippen molar-refractivity contribution in [3.05, 3.63) is 79.1 Å². The number of hydrogen-bond donors (Lipinski definition) is 1. The van der Waals surface area contributed by atoms with Crippen LogP contribution in [0.25, 0.3) is 0 Å². The Morgan fingerprint density at radius 1 is 1.17 bits per heavy atom. The molecule has 0 aliphatic rings. The average molecular weight is 384 g/mol. The Morgan fingerprint density at radius 3 is 2.30 bits per heavy atom. The van der Waals surface area contributed by atoms with Crippen molar-refractivity contribution in [3.63, 3.8) is 0 Å². The molecule has 0 bridgehead atoms. The Balaban J connectivity index is 0.00000264. The van der Waals surface area contributed by atoms with Crippen LogP contribution < -0.4 is 4.90 Å². The van der Waals surface area contributed by atoms with E-state index < -0.39 is 5.60 Å². The minimum Gasteiger partial charge on any atom is -0.415 e. The van der Waals surface area contributed by atoms with Crippen LogP contribution in [0.4, 0.5) is 5.69 Å². The molecule has 4 heteroatoms. The van der Waals surface area contributed by atoms with E-state index in [1.165, 1.54) is 11.3 Å². The first-order valence-corrected chi connectivity index (χ1v) is 7.26. The molecule has 0 saturated carbocycles. The third-order valence-electron chi connectivity index (χ3n) is 3.65. The number of aryl methyl sites for hydroxylation is 1. The topological polar surface area (TPSA) is 40.5 Å². The number of nitrogens with zero attached hydrogens (tertiary/aromatic N) is 1. The van der Waals surface area contributed by atoms with Crippen molar-refractivity contribution in [1.29, 1.82) is 0 Å². The predicted molar refractivity (Wildman–Crippen MR) is 89.2 cm³/mol. The van der Waals surface area contributed by atoms with Crippen LogP contribution in [0.5, 0.6) is 0 Å². The minimum atomic E-state index is -1.33. The second kappa shape index (κ2) is 8.63. The summed E-state index contributed by atoms with van der Waals surface area (Å²) < 4.78 is 0. The van der Waals surface area contributed by atoms with Gasteiger partial charge in [-0.05, 0) is 35.8 Å². The standard InChI is InChI=1S/C19H21NO2.Y/c1-4-20(16-11-6-5-7-12-16)18(21)14-19(3,22)17-13-9-8-10-15(17)2;/h5-14,22H,1,4H2,2-3H3;/q-2;. The monoisotopic (exact) mass is 384 g/mol. The number of anilines is 1. The molecule has 1 N–H and O–H groups in total. The van der Waals surface area contributed by atoms with Crippen molar-refractivity contribution in [2.45, 2.75) is 19.4 Å². The summed E-state index contributed by atoms with van der Waals surface area (Å²) in [7, 11) is 0. The molecule has 0 fully saturated rings. The van der Waals surface area contributed by atoms with Crippen molar-refractivity contribution < 1.29 is 42.6 Å². The Morgan fingerprint density at radius 2 is 1.74 bits per heavy atom. The van der Waals surface area contributed by atoms with Gasteiger partial charge in [-0.15, -0.1) is 6.54 Å². The largest absolute Gasteiger partial charge is 0.415 e. The van der Waals surface area contributed by atoms with E-state index in [2.05, 4.69) is 6.92 Å². The zero-order valence-electron chi connectivity index (χ0n) is 13.6. The maximum Gasteiger partial charge on any atom is 0.0897 e. The van der Waals surface area contributed by atoms with E-state index >= 15 is 0 Å². The normalized spacial score (nSPS) is 12.7. The Bertz CT molecular complexity index is 641. The van der Waals surface area contributed by atoms with Gasteiger partial charge in [0.15, 0.2) is 0 Å². The van der Waals surface area contributed by atoms with E-state index in [-0.39, 0.29) is 38.6 Å². The second-order valence-electron chi connectivity index (χ2n) is 5.43. The number of benzene rings is 2. The molecule has 1 amide bonds. The van der Waals surface area contributed by atoms with Gasteiger partial charge in [0, 0.05) is 38.4 Å². The molecule has 2 aromatic rings. The van der Waals surface area contributed by atoms with Crippen LogP contribution in [0.2, 0.25) is 0 Å². The van der Waals surface area contributed by atoms with Crippen LogP contribution in [0.3, 0.4) is 0 Å². The van der Waals surface area contributed by atoms with Crippen LogP contribution in [-0.2, 0) is 43.1 Å². The fourth-order valence-electron chi connectivity index (χ4n) is 2.51. The summed E-state index contributed by atoms with van der Waals surface area (Å²) in [5.41, 5.74) is 1.10. The molecule has 0 aliphatic heterocycles. The Labute approximate surface area is 163 Å². The second-order valence-corrected chi connectivity index (χ2v) is 5.43. The maximum absolute atomic E-state index is 12.5. The number of carbonyl (C=O) groups excluding carboxylic acids is 1. The molecule has 119 valence electrons. The van der Waals surface area contributed by atoms with Gasteiger partial charge in [-0.1, -0.05) is 49.4 Å². The van der Waals surface area contributed by atoms with Gasteiger partial charge in [0.1, 0.15) is 0 Å². The van der Waals surface area contributed by atoms with E-state index in [0.717, 1.165) is 16.8 Å². The zero-order chi connectivity index (χ0) is 16.2. The summed E-state index contributed by atoms with van der Waals surface area (Å²) in [6.07, 6.45) is 1.34. The molecule has 23 heavy (non-hydrogen) atoms. The molecule has 2 aromatic carbocycles. The van der Waals surface area contributed by atoms with Crippen molar-refractivity contribution in [2.75, 3.05) is 11.4 Å². The number of para-hydroxylation sites is 1. The Hall–Kier alpha value is -1.16. The molecule has 0 aromatic heterocycles. The third kappa shape index (κ3) is 4.91. The summed E-state index contributed by atoms with van der Waals surface area (Å²) >= 11 is 0. The van der Waals surface area contributed by atoms with Gasteiger partial charge in [-0.2, -0.15) is 0 Å². The fourth-order valence-corrected chi connectivity index (χ4v) is 2.51. The van der Waals surface area contributed by atoms with Gasteiger partial charge >= 0.3 is 0 Å². The van der Waals surface area contributed by atoms with Crippen LogP contribution in [-0.4, -0.2) is 17.6 Å². The van der Waals surface area contributed by atoms with E-state index in [0.29, 0.717) is 6.54 Å². The molecular weight excluding hydrogens is 363 g/mol. The summed E-state index contributed by atoms with van der Waals surface area (Å²) in [5.74, 6) is -0.269. The number of carbonyl (C=O) groups is 1. The number of amides is 1. The smallest absolute Gasteiger partial charge is 0.0897 e. The number of rotatable bonds is 5. The van der Waals surface area contributed by atoms with Crippen LogP contribution in [0, 0.1) is 20.3 Å². The van der Waals surface area contributed by atoms with Crippen LogP contribution >= 0.6 is 0 Å². The zero-order valence-corrected chi connectivity index (χ0v) is 16.4. The van der Waals surface area contributed by atoms with E-state index in [4.69, 9.17) is 0 Å². The fraction of sp³-hybridized carbons (Fsp3) is 0.211. The van der Waals surface area contributed by atoms with Gasteiger partial charge in [0.25, 0.3) is 0 Å². The van der Waals surface area contributed by atoms with Crippen molar-refractivity contribution >= 4 is 11.6 Å². The summed E-state index contributed by atoms with van der Waals surface area (Å²) in [6.45, 7) is 7.64. The first kappa shape index (κ1) is 19.9. The number of aliphatic hydroxyl groups is 1.